The number of aryl methyl sites for hydroxylation is 2. The van der Waals surface area contributed by atoms with Gasteiger partial charge in [-0.15, -0.1) is 0 Å². The van der Waals surface area contributed by atoms with Crippen molar-refractivity contribution in [1.82, 2.24) is 19.7 Å². The highest BCUT2D eigenvalue weighted by atomic mass is 19.1. The monoisotopic (exact) mass is 327 g/mol. The van der Waals surface area contributed by atoms with E-state index in [-0.39, 0.29) is 5.82 Å². The predicted octanol–water partition coefficient (Wildman–Crippen LogP) is 2.96. The zero-order valence-corrected chi connectivity index (χ0v) is 14.2. The SMILES string of the molecule is Cc1nc(C)n(C[C@H]2CCCCN2Cc2ccc(F)cc2C#N)n1. The van der Waals surface area contributed by atoms with Gasteiger partial charge in [-0.25, -0.2) is 14.1 Å². The Bertz CT molecular complexity index is 761. The Labute approximate surface area is 141 Å². The van der Waals surface area contributed by atoms with Gasteiger partial charge in [0.05, 0.1) is 18.2 Å². The zero-order chi connectivity index (χ0) is 17.1. The second-order valence-electron chi connectivity index (χ2n) is 6.42. The number of likely N-dealkylation sites (tertiary alicyclic amines) is 1. The normalized spacial score (nSPS) is 18.5. The Hall–Kier alpha value is -2.26. The summed E-state index contributed by atoms with van der Waals surface area (Å²) in [7, 11) is 0. The molecule has 0 saturated carbocycles. The van der Waals surface area contributed by atoms with E-state index in [9.17, 15) is 9.65 Å². The van der Waals surface area contributed by atoms with Crippen molar-refractivity contribution < 1.29 is 4.39 Å². The number of rotatable bonds is 4. The molecule has 0 unspecified atom stereocenters. The van der Waals surface area contributed by atoms with Crippen molar-refractivity contribution in [3.8, 4) is 6.07 Å². The van der Waals surface area contributed by atoms with Crippen LogP contribution in [0.4, 0.5) is 4.39 Å². The van der Waals surface area contributed by atoms with Crippen LogP contribution in [0.25, 0.3) is 0 Å². The van der Waals surface area contributed by atoms with E-state index in [0.29, 0.717) is 18.2 Å². The van der Waals surface area contributed by atoms with Crippen LogP contribution in [-0.4, -0.2) is 32.3 Å². The van der Waals surface area contributed by atoms with E-state index in [4.69, 9.17) is 0 Å². The number of halogens is 1. The summed E-state index contributed by atoms with van der Waals surface area (Å²) in [4.78, 5) is 6.75. The fourth-order valence-corrected chi connectivity index (χ4v) is 3.42. The molecule has 1 fully saturated rings. The molecule has 1 atom stereocenters. The second-order valence-corrected chi connectivity index (χ2v) is 6.42. The van der Waals surface area contributed by atoms with Crippen LogP contribution in [0.1, 0.15) is 42.0 Å². The number of piperidine rings is 1. The lowest BCUT2D eigenvalue weighted by molar-refractivity contribution is 0.121. The summed E-state index contributed by atoms with van der Waals surface area (Å²) >= 11 is 0. The lowest BCUT2D eigenvalue weighted by atomic mass is 9.99. The second kappa shape index (κ2) is 7.10. The quantitative estimate of drug-likeness (QED) is 0.866. The van der Waals surface area contributed by atoms with Crippen molar-refractivity contribution in [2.45, 2.75) is 52.2 Å². The Morgan fingerprint density at radius 2 is 2.17 bits per heavy atom. The van der Waals surface area contributed by atoms with Crippen LogP contribution in [0, 0.1) is 31.0 Å². The zero-order valence-electron chi connectivity index (χ0n) is 14.2. The third-order valence-corrected chi connectivity index (χ3v) is 4.66. The maximum absolute atomic E-state index is 13.3. The highest BCUT2D eigenvalue weighted by Gasteiger charge is 2.24. The lowest BCUT2D eigenvalue weighted by Gasteiger charge is -2.36. The predicted molar refractivity (Wildman–Crippen MR) is 88.7 cm³/mol. The van der Waals surface area contributed by atoms with Crippen LogP contribution in [0.15, 0.2) is 18.2 Å². The lowest BCUT2D eigenvalue weighted by Crippen LogP contribution is -2.42. The van der Waals surface area contributed by atoms with Gasteiger partial charge < -0.3 is 0 Å². The summed E-state index contributed by atoms with van der Waals surface area (Å²) < 4.78 is 15.3. The van der Waals surface area contributed by atoms with Crippen molar-refractivity contribution in [2.24, 2.45) is 0 Å². The van der Waals surface area contributed by atoms with E-state index in [1.54, 1.807) is 6.07 Å². The van der Waals surface area contributed by atoms with Crippen LogP contribution in [0.3, 0.4) is 0 Å². The number of nitrogens with zero attached hydrogens (tertiary/aromatic N) is 5. The number of nitriles is 1. The minimum atomic E-state index is -0.362. The van der Waals surface area contributed by atoms with Crippen LogP contribution in [-0.2, 0) is 13.1 Å². The topological polar surface area (TPSA) is 57.7 Å². The molecule has 1 aromatic heterocycles. The van der Waals surface area contributed by atoms with Crippen LogP contribution < -0.4 is 0 Å². The molecule has 2 aromatic rings. The average molecular weight is 327 g/mol. The minimum Gasteiger partial charge on any atom is -0.294 e. The molecule has 0 aliphatic carbocycles. The van der Waals surface area contributed by atoms with Gasteiger partial charge in [-0.3, -0.25) is 4.90 Å². The molecule has 0 amide bonds. The first-order chi connectivity index (χ1) is 11.6. The number of hydrogen-bond donors (Lipinski definition) is 0. The smallest absolute Gasteiger partial charge is 0.147 e. The van der Waals surface area contributed by atoms with Gasteiger partial charge in [0, 0.05) is 12.6 Å². The summed E-state index contributed by atoms with van der Waals surface area (Å²) in [6.07, 6.45) is 3.44. The third-order valence-electron chi connectivity index (χ3n) is 4.66. The van der Waals surface area contributed by atoms with Gasteiger partial charge in [0.25, 0.3) is 0 Å². The van der Waals surface area contributed by atoms with E-state index >= 15 is 0 Å². The standard InChI is InChI=1S/C18H22FN5/c1-13-21-14(2)24(22-13)12-18-5-3-4-8-23(18)11-15-6-7-17(19)9-16(15)10-20/h6-7,9,18H,3-5,8,11-12H2,1-2H3/t18-/m1/s1. The molecule has 1 aliphatic heterocycles. The summed E-state index contributed by atoms with van der Waals surface area (Å²) in [6.45, 7) is 6.33. The average Bonchev–Trinajstić information content (AvgIpc) is 2.88. The molecular weight excluding hydrogens is 305 g/mol. The van der Waals surface area contributed by atoms with Gasteiger partial charge in [-0.1, -0.05) is 12.5 Å². The molecule has 0 spiro atoms. The molecule has 2 heterocycles. The first-order valence-electron chi connectivity index (χ1n) is 8.37. The molecule has 1 saturated heterocycles. The fourth-order valence-electron chi connectivity index (χ4n) is 3.42. The van der Waals surface area contributed by atoms with Crippen molar-refractivity contribution in [2.75, 3.05) is 6.54 Å². The molecule has 24 heavy (non-hydrogen) atoms. The molecule has 6 heteroatoms. The van der Waals surface area contributed by atoms with Gasteiger partial charge in [0.15, 0.2) is 0 Å². The third kappa shape index (κ3) is 3.62. The van der Waals surface area contributed by atoms with E-state index in [1.165, 1.54) is 18.6 Å². The number of aromatic nitrogens is 3. The van der Waals surface area contributed by atoms with Gasteiger partial charge >= 0.3 is 0 Å². The summed E-state index contributed by atoms with van der Waals surface area (Å²) in [5.41, 5.74) is 1.31. The Kier molecular flexibility index (Phi) is 4.91. The van der Waals surface area contributed by atoms with E-state index in [1.807, 2.05) is 18.5 Å². The summed E-state index contributed by atoms with van der Waals surface area (Å²) in [6, 6.07) is 6.94. The Morgan fingerprint density at radius 1 is 1.33 bits per heavy atom. The van der Waals surface area contributed by atoms with Crippen molar-refractivity contribution >= 4 is 0 Å². The molecule has 1 aromatic carbocycles. The van der Waals surface area contributed by atoms with Crippen LogP contribution in [0.2, 0.25) is 0 Å². The molecule has 0 radical (unpaired) electrons. The largest absolute Gasteiger partial charge is 0.294 e. The van der Waals surface area contributed by atoms with Crippen molar-refractivity contribution in [3.63, 3.8) is 0 Å². The summed E-state index contributed by atoms with van der Waals surface area (Å²) in [5, 5.41) is 13.7. The van der Waals surface area contributed by atoms with Gasteiger partial charge in [0.2, 0.25) is 0 Å². The molecule has 1 aliphatic rings. The van der Waals surface area contributed by atoms with Crippen molar-refractivity contribution in [1.29, 1.82) is 5.26 Å². The maximum atomic E-state index is 13.3. The van der Waals surface area contributed by atoms with Crippen LogP contribution >= 0.6 is 0 Å². The molecule has 5 nitrogen and oxygen atoms in total. The van der Waals surface area contributed by atoms with E-state index in [2.05, 4.69) is 21.1 Å². The Morgan fingerprint density at radius 3 is 2.88 bits per heavy atom. The highest BCUT2D eigenvalue weighted by Crippen LogP contribution is 2.23. The minimum absolute atomic E-state index is 0.357. The van der Waals surface area contributed by atoms with Gasteiger partial charge in [-0.2, -0.15) is 10.4 Å². The molecule has 0 N–H and O–H groups in total. The highest BCUT2D eigenvalue weighted by molar-refractivity contribution is 5.37. The first kappa shape index (κ1) is 16.6. The van der Waals surface area contributed by atoms with Crippen molar-refractivity contribution in [3.05, 3.63) is 46.8 Å². The maximum Gasteiger partial charge on any atom is 0.147 e. The number of hydrogen-bond acceptors (Lipinski definition) is 4. The Balaban J connectivity index is 1.78. The number of benzene rings is 1. The molecule has 3 rings (SSSR count). The van der Waals surface area contributed by atoms with E-state index in [0.717, 1.165) is 43.1 Å². The molecule has 0 bridgehead atoms. The van der Waals surface area contributed by atoms with Crippen LogP contribution in [0.5, 0.6) is 0 Å². The first-order valence-corrected chi connectivity index (χ1v) is 8.37. The summed E-state index contributed by atoms with van der Waals surface area (Å²) in [5.74, 6) is 1.36. The van der Waals surface area contributed by atoms with Gasteiger partial charge in [-0.05, 0) is 50.9 Å². The molecular formula is C18H22FN5. The molecule has 126 valence electrons. The fraction of sp³-hybridized carbons (Fsp3) is 0.500. The van der Waals surface area contributed by atoms with Gasteiger partial charge in [0.1, 0.15) is 17.5 Å². The van der Waals surface area contributed by atoms with E-state index < -0.39 is 0 Å².